The zero-order chi connectivity index (χ0) is 12.8. The molecular weight excluding hydrogens is 220 g/mol. The molecular formula is C11H22N4O2. The Bertz CT molecular complexity index is 283. The third-order valence-corrected chi connectivity index (χ3v) is 3.16. The lowest BCUT2D eigenvalue weighted by atomic mass is 10.1. The fourth-order valence-electron chi connectivity index (χ4n) is 2.08. The zero-order valence-corrected chi connectivity index (χ0v) is 10.6. The van der Waals surface area contributed by atoms with Gasteiger partial charge >= 0.3 is 0 Å². The van der Waals surface area contributed by atoms with E-state index in [9.17, 15) is 9.59 Å². The lowest BCUT2D eigenvalue weighted by Crippen LogP contribution is -2.41. The molecule has 3 N–H and O–H groups in total. The number of hydrogen-bond acceptors (Lipinski definition) is 4. The van der Waals surface area contributed by atoms with E-state index in [1.54, 1.807) is 6.92 Å². The van der Waals surface area contributed by atoms with E-state index in [1.807, 2.05) is 11.8 Å². The first-order valence-electron chi connectivity index (χ1n) is 6.03. The van der Waals surface area contributed by atoms with Crippen LogP contribution in [0.4, 0.5) is 0 Å². The minimum Gasteiger partial charge on any atom is -0.342 e. The monoisotopic (exact) mass is 242 g/mol. The van der Waals surface area contributed by atoms with Crippen LogP contribution in [-0.4, -0.2) is 54.3 Å². The maximum absolute atomic E-state index is 11.3. The first kappa shape index (κ1) is 13.9. The predicted octanol–water partition coefficient (Wildman–Crippen LogP) is -0.833. The van der Waals surface area contributed by atoms with Gasteiger partial charge in [-0.15, -0.1) is 0 Å². The molecule has 1 aliphatic heterocycles. The van der Waals surface area contributed by atoms with Crippen LogP contribution in [0, 0.1) is 5.92 Å². The first-order chi connectivity index (χ1) is 8.04. The Labute approximate surface area is 102 Å². The van der Waals surface area contributed by atoms with E-state index in [1.165, 1.54) is 0 Å². The fraction of sp³-hybridized carbons (Fsp3) is 0.818. The second kappa shape index (κ2) is 6.56. The minimum absolute atomic E-state index is 0.121. The average Bonchev–Trinajstić information content (AvgIpc) is 2.53. The van der Waals surface area contributed by atoms with Crippen molar-refractivity contribution in [1.82, 2.24) is 15.2 Å². The molecule has 0 aromatic rings. The standard InChI is InChI=1S/C11H22N4O2/c1-9(11(17)13-12)8-14-4-3-5-15(7-6-14)10(2)16/h9H,3-8,12H2,1-2H3,(H,13,17). The number of amides is 2. The molecule has 0 aromatic carbocycles. The van der Waals surface area contributed by atoms with Gasteiger partial charge < -0.3 is 9.80 Å². The second-order valence-corrected chi connectivity index (χ2v) is 4.57. The molecule has 1 saturated heterocycles. The molecule has 0 bridgehead atoms. The van der Waals surface area contributed by atoms with E-state index in [4.69, 9.17) is 5.84 Å². The molecule has 2 amide bonds. The summed E-state index contributed by atoms with van der Waals surface area (Å²) in [6.45, 7) is 7.44. The highest BCUT2D eigenvalue weighted by Gasteiger charge is 2.20. The third kappa shape index (κ3) is 4.32. The quantitative estimate of drug-likeness (QED) is 0.384. The van der Waals surface area contributed by atoms with Crippen LogP contribution in [0.2, 0.25) is 0 Å². The van der Waals surface area contributed by atoms with Crippen LogP contribution in [0.1, 0.15) is 20.3 Å². The van der Waals surface area contributed by atoms with Gasteiger partial charge in [-0.1, -0.05) is 6.92 Å². The molecule has 0 radical (unpaired) electrons. The molecule has 1 rings (SSSR count). The van der Waals surface area contributed by atoms with E-state index in [0.717, 1.165) is 32.6 Å². The van der Waals surface area contributed by atoms with Gasteiger partial charge in [0.15, 0.2) is 0 Å². The van der Waals surface area contributed by atoms with E-state index in [0.29, 0.717) is 6.54 Å². The van der Waals surface area contributed by atoms with Gasteiger partial charge in [0.1, 0.15) is 0 Å². The molecule has 17 heavy (non-hydrogen) atoms. The number of carbonyl (C=O) groups excluding carboxylic acids is 2. The van der Waals surface area contributed by atoms with Crippen LogP contribution < -0.4 is 11.3 Å². The van der Waals surface area contributed by atoms with Gasteiger partial charge in [-0.2, -0.15) is 0 Å². The van der Waals surface area contributed by atoms with E-state index in [-0.39, 0.29) is 17.7 Å². The Hall–Kier alpha value is -1.14. The van der Waals surface area contributed by atoms with Crippen LogP contribution in [0.3, 0.4) is 0 Å². The lowest BCUT2D eigenvalue weighted by molar-refractivity contribution is -0.129. The van der Waals surface area contributed by atoms with Crippen molar-refractivity contribution >= 4 is 11.8 Å². The molecule has 6 nitrogen and oxygen atoms in total. The van der Waals surface area contributed by atoms with E-state index < -0.39 is 0 Å². The summed E-state index contributed by atoms with van der Waals surface area (Å²) in [7, 11) is 0. The Morgan fingerprint density at radius 1 is 1.29 bits per heavy atom. The molecule has 98 valence electrons. The Balaban J connectivity index is 2.41. The summed E-state index contributed by atoms with van der Waals surface area (Å²) in [6.07, 6.45) is 0.955. The summed E-state index contributed by atoms with van der Waals surface area (Å²) in [5.74, 6) is 4.96. The predicted molar refractivity (Wildman–Crippen MR) is 64.8 cm³/mol. The number of nitrogens with one attached hydrogen (secondary N) is 1. The zero-order valence-electron chi connectivity index (χ0n) is 10.6. The highest BCUT2D eigenvalue weighted by molar-refractivity contribution is 5.77. The smallest absolute Gasteiger partial charge is 0.237 e. The normalized spacial score (nSPS) is 19.6. The summed E-state index contributed by atoms with van der Waals surface area (Å²) >= 11 is 0. The van der Waals surface area contributed by atoms with Crippen molar-refractivity contribution in [2.24, 2.45) is 11.8 Å². The van der Waals surface area contributed by atoms with Crippen molar-refractivity contribution in [1.29, 1.82) is 0 Å². The largest absolute Gasteiger partial charge is 0.342 e. The summed E-state index contributed by atoms with van der Waals surface area (Å²) in [5, 5.41) is 0. The molecule has 6 heteroatoms. The van der Waals surface area contributed by atoms with Gasteiger partial charge in [0.25, 0.3) is 0 Å². The third-order valence-electron chi connectivity index (χ3n) is 3.16. The summed E-state index contributed by atoms with van der Waals surface area (Å²) in [4.78, 5) is 26.6. The molecule has 1 unspecified atom stereocenters. The van der Waals surface area contributed by atoms with E-state index >= 15 is 0 Å². The van der Waals surface area contributed by atoms with Crippen molar-refractivity contribution in [2.75, 3.05) is 32.7 Å². The molecule has 0 saturated carbocycles. The number of nitrogens with two attached hydrogens (primary N) is 1. The van der Waals surface area contributed by atoms with Crippen LogP contribution >= 0.6 is 0 Å². The summed E-state index contributed by atoms with van der Waals surface area (Å²) < 4.78 is 0. The maximum Gasteiger partial charge on any atom is 0.237 e. The molecule has 0 aliphatic carbocycles. The Morgan fingerprint density at radius 3 is 2.59 bits per heavy atom. The van der Waals surface area contributed by atoms with Crippen molar-refractivity contribution < 1.29 is 9.59 Å². The molecule has 0 aromatic heterocycles. The minimum atomic E-state index is -0.141. The van der Waals surface area contributed by atoms with Crippen molar-refractivity contribution in [3.05, 3.63) is 0 Å². The highest BCUT2D eigenvalue weighted by atomic mass is 16.2. The number of hydrazine groups is 1. The molecule has 1 aliphatic rings. The number of hydrogen-bond donors (Lipinski definition) is 2. The first-order valence-corrected chi connectivity index (χ1v) is 6.03. The maximum atomic E-state index is 11.3. The van der Waals surface area contributed by atoms with Crippen molar-refractivity contribution in [3.63, 3.8) is 0 Å². The van der Waals surface area contributed by atoms with Gasteiger partial charge in [-0.25, -0.2) is 5.84 Å². The average molecular weight is 242 g/mol. The molecule has 1 fully saturated rings. The Morgan fingerprint density at radius 2 is 2.00 bits per heavy atom. The van der Waals surface area contributed by atoms with Crippen LogP contribution in [0.25, 0.3) is 0 Å². The molecule has 0 spiro atoms. The second-order valence-electron chi connectivity index (χ2n) is 4.57. The van der Waals surface area contributed by atoms with Crippen LogP contribution in [0.5, 0.6) is 0 Å². The van der Waals surface area contributed by atoms with Crippen molar-refractivity contribution in [3.8, 4) is 0 Å². The fourth-order valence-corrected chi connectivity index (χ4v) is 2.08. The van der Waals surface area contributed by atoms with Crippen molar-refractivity contribution in [2.45, 2.75) is 20.3 Å². The SMILES string of the molecule is CC(=O)N1CCCN(CC(C)C(=O)NN)CC1. The van der Waals surface area contributed by atoms with Gasteiger partial charge in [0, 0.05) is 39.0 Å². The number of nitrogens with zero attached hydrogens (tertiary/aromatic N) is 2. The van der Waals surface area contributed by atoms with Gasteiger partial charge in [-0.05, 0) is 13.0 Å². The van der Waals surface area contributed by atoms with Crippen LogP contribution in [-0.2, 0) is 9.59 Å². The summed E-state index contributed by atoms with van der Waals surface area (Å²) in [6, 6.07) is 0. The van der Waals surface area contributed by atoms with Gasteiger partial charge in [0.2, 0.25) is 11.8 Å². The Kier molecular flexibility index (Phi) is 5.37. The number of carbonyl (C=O) groups is 2. The van der Waals surface area contributed by atoms with Gasteiger partial charge in [-0.3, -0.25) is 15.0 Å². The summed E-state index contributed by atoms with van der Waals surface area (Å²) in [5.41, 5.74) is 2.17. The van der Waals surface area contributed by atoms with E-state index in [2.05, 4.69) is 10.3 Å². The topological polar surface area (TPSA) is 78.7 Å². The van der Waals surface area contributed by atoms with Gasteiger partial charge in [0.05, 0.1) is 0 Å². The molecule has 1 heterocycles. The number of rotatable bonds is 3. The molecule has 1 atom stereocenters. The highest BCUT2D eigenvalue weighted by Crippen LogP contribution is 2.06. The lowest BCUT2D eigenvalue weighted by Gasteiger charge is -2.23. The van der Waals surface area contributed by atoms with Crippen LogP contribution in [0.15, 0.2) is 0 Å².